The van der Waals surface area contributed by atoms with E-state index in [0.717, 1.165) is 16.7 Å². The van der Waals surface area contributed by atoms with Gasteiger partial charge in [-0.25, -0.2) is 0 Å². The molecular formula is C25H24ClNO2. The number of aryl methyl sites for hydroxylation is 1. The van der Waals surface area contributed by atoms with Crippen molar-refractivity contribution in [2.75, 3.05) is 7.05 Å². The van der Waals surface area contributed by atoms with E-state index in [2.05, 4.69) is 31.2 Å². The molecule has 0 bridgehead atoms. The number of amides is 1. The molecule has 0 N–H and O–H groups in total. The monoisotopic (exact) mass is 405 g/mol. The van der Waals surface area contributed by atoms with Crippen LogP contribution in [0.15, 0.2) is 78.9 Å². The lowest BCUT2D eigenvalue weighted by Crippen LogP contribution is -2.49. The molecule has 1 aliphatic rings. The number of nitrogens with zero attached hydrogens (tertiary/aromatic N) is 1. The average Bonchev–Trinajstić information content (AvgIpc) is 2.73. The summed E-state index contributed by atoms with van der Waals surface area (Å²) in [5, 5.41) is 0.660. The maximum Gasteiger partial charge on any atom is 0.252 e. The number of hydrogen-bond donors (Lipinski definition) is 0. The van der Waals surface area contributed by atoms with Crippen molar-refractivity contribution < 1.29 is 9.53 Å². The molecule has 3 aromatic rings. The molecule has 0 aromatic heterocycles. The summed E-state index contributed by atoms with van der Waals surface area (Å²) < 4.78 is 6.46. The molecule has 0 aliphatic carbocycles. The van der Waals surface area contributed by atoms with Crippen LogP contribution in [-0.4, -0.2) is 24.0 Å². The van der Waals surface area contributed by atoms with E-state index in [1.54, 1.807) is 0 Å². The fourth-order valence-electron chi connectivity index (χ4n) is 3.95. The van der Waals surface area contributed by atoms with Crippen molar-refractivity contribution in [2.24, 2.45) is 0 Å². The molecule has 29 heavy (non-hydrogen) atoms. The van der Waals surface area contributed by atoms with Gasteiger partial charge in [-0.3, -0.25) is 4.79 Å². The van der Waals surface area contributed by atoms with E-state index in [1.165, 1.54) is 5.56 Å². The van der Waals surface area contributed by atoms with E-state index in [0.29, 0.717) is 11.4 Å². The number of benzene rings is 3. The number of halogens is 1. The minimum atomic E-state index is -0.534. The van der Waals surface area contributed by atoms with Gasteiger partial charge in [0.1, 0.15) is 12.2 Å². The van der Waals surface area contributed by atoms with Gasteiger partial charge in [0, 0.05) is 18.5 Å². The zero-order chi connectivity index (χ0) is 20.4. The van der Waals surface area contributed by atoms with E-state index < -0.39 is 6.10 Å². The van der Waals surface area contributed by atoms with Crippen LogP contribution in [0.5, 0.6) is 0 Å². The molecule has 1 aliphatic heterocycles. The number of rotatable bonds is 4. The Bertz CT molecular complexity index is 987. The lowest BCUT2D eigenvalue weighted by atomic mass is 9.91. The van der Waals surface area contributed by atoms with Crippen molar-refractivity contribution in [2.45, 2.75) is 31.6 Å². The van der Waals surface area contributed by atoms with E-state index in [1.807, 2.05) is 66.5 Å². The van der Waals surface area contributed by atoms with Gasteiger partial charge in [0.15, 0.2) is 0 Å². The molecule has 4 heteroatoms. The Kier molecular flexibility index (Phi) is 5.70. The number of morpholine rings is 1. The zero-order valence-electron chi connectivity index (χ0n) is 16.6. The lowest BCUT2D eigenvalue weighted by Gasteiger charge is -2.43. The molecule has 3 aromatic carbocycles. The summed E-state index contributed by atoms with van der Waals surface area (Å²) in [4.78, 5) is 15.0. The third-order valence-corrected chi connectivity index (χ3v) is 5.73. The number of ether oxygens (including phenoxy) is 1. The van der Waals surface area contributed by atoms with Crippen LogP contribution in [0, 0.1) is 6.92 Å². The molecule has 3 unspecified atom stereocenters. The predicted octanol–water partition coefficient (Wildman–Crippen LogP) is 5.53. The van der Waals surface area contributed by atoms with E-state index >= 15 is 0 Å². The topological polar surface area (TPSA) is 29.5 Å². The number of carbonyl (C=O) groups excluding carboxylic acids is 1. The van der Waals surface area contributed by atoms with Crippen molar-refractivity contribution >= 4 is 17.5 Å². The molecule has 148 valence electrons. The van der Waals surface area contributed by atoms with Crippen LogP contribution in [0.2, 0.25) is 5.02 Å². The normalized spacial score (nSPS) is 22.0. The van der Waals surface area contributed by atoms with Crippen molar-refractivity contribution in [1.82, 2.24) is 4.90 Å². The van der Waals surface area contributed by atoms with E-state index in [9.17, 15) is 4.79 Å². The highest BCUT2D eigenvalue weighted by molar-refractivity contribution is 6.30. The van der Waals surface area contributed by atoms with E-state index in [-0.39, 0.29) is 18.1 Å². The molecule has 1 saturated heterocycles. The lowest BCUT2D eigenvalue weighted by molar-refractivity contribution is -0.171. The van der Waals surface area contributed by atoms with Gasteiger partial charge in [0.2, 0.25) is 0 Å². The third kappa shape index (κ3) is 4.21. The Balaban J connectivity index is 1.72. The minimum Gasteiger partial charge on any atom is -0.358 e. The van der Waals surface area contributed by atoms with Crippen molar-refractivity contribution in [3.8, 4) is 0 Å². The first-order chi connectivity index (χ1) is 14.0. The smallest absolute Gasteiger partial charge is 0.252 e. The Morgan fingerprint density at radius 2 is 1.66 bits per heavy atom. The van der Waals surface area contributed by atoms with Crippen LogP contribution in [0.1, 0.15) is 34.4 Å². The summed E-state index contributed by atoms with van der Waals surface area (Å²) in [5.74, 6) is -0.00212. The molecule has 4 rings (SSSR count). The summed E-state index contributed by atoms with van der Waals surface area (Å²) in [6.07, 6.45) is -0.289. The summed E-state index contributed by atoms with van der Waals surface area (Å²) in [6, 6.07) is 25.8. The first-order valence-corrected chi connectivity index (χ1v) is 10.2. The van der Waals surface area contributed by atoms with Crippen LogP contribution in [0.4, 0.5) is 0 Å². The highest BCUT2D eigenvalue weighted by atomic mass is 35.5. The fraction of sp³-hybridized carbons (Fsp3) is 0.240. The van der Waals surface area contributed by atoms with Gasteiger partial charge in [0.05, 0.1) is 6.04 Å². The quantitative estimate of drug-likeness (QED) is 0.571. The molecule has 0 saturated carbocycles. The average molecular weight is 406 g/mol. The highest BCUT2D eigenvalue weighted by Crippen LogP contribution is 2.42. The Morgan fingerprint density at radius 1 is 0.931 bits per heavy atom. The molecule has 1 fully saturated rings. The second-order valence-electron chi connectivity index (χ2n) is 7.59. The van der Waals surface area contributed by atoms with Crippen molar-refractivity contribution in [3.05, 3.63) is 106 Å². The fourth-order valence-corrected chi connectivity index (χ4v) is 4.15. The molecule has 0 radical (unpaired) electrons. The number of likely N-dealkylation sites (N-methyl/N-ethyl adjacent to an activating group) is 1. The molecule has 1 heterocycles. The molecule has 3 nitrogen and oxygen atoms in total. The van der Waals surface area contributed by atoms with Gasteiger partial charge in [-0.2, -0.15) is 0 Å². The van der Waals surface area contributed by atoms with E-state index in [4.69, 9.17) is 16.3 Å². The number of carbonyl (C=O) groups is 1. The second-order valence-corrected chi connectivity index (χ2v) is 8.03. The molecule has 0 spiro atoms. The van der Waals surface area contributed by atoms with Gasteiger partial charge < -0.3 is 9.64 Å². The van der Waals surface area contributed by atoms with Crippen LogP contribution >= 0.6 is 11.6 Å². The van der Waals surface area contributed by atoms with Crippen LogP contribution < -0.4 is 0 Å². The third-order valence-electron chi connectivity index (χ3n) is 5.50. The van der Waals surface area contributed by atoms with Gasteiger partial charge in [-0.1, -0.05) is 83.9 Å². The summed E-state index contributed by atoms with van der Waals surface area (Å²) in [7, 11) is 1.87. The van der Waals surface area contributed by atoms with Crippen LogP contribution in [0.3, 0.4) is 0 Å². The molecule has 3 atom stereocenters. The summed E-state index contributed by atoms with van der Waals surface area (Å²) >= 11 is 6.27. The molecular weight excluding hydrogens is 382 g/mol. The minimum absolute atomic E-state index is 0.00212. The van der Waals surface area contributed by atoms with Crippen LogP contribution in [-0.2, 0) is 16.0 Å². The standard InChI is InChI=1S/C25H24ClNO2/c1-17-11-13-19(14-12-17)23-24(20-9-6-10-21(26)16-20)29-22(25(28)27(23)2)15-18-7-4-3-5-8-18/h3-14,16,22-24H,15H2,1-2H3. The van der Waals surface area contributed by atoms with Gasteiger partial charge >= 0.3 is 0 Å². The maximum atomic E-state index is 13.2. The Hall–Kier alpha value is -2.62. The summed E-state index contributed by atoms with van der Waals surface area (Å²) in [6.45, 7) is 2.06. The first-order valence-electron chi connectivity index (χ1n) is 9.81. The maximum absolute atomic E-state index is 13.2. The summed E-state index contributed by atoms with van der Waals surface area (Å²) in [5.41, 5.74) is 4.29. The largest absolute Gasteiger partial charge is 0.358 e. The zero-order valence-corrected chi connectivity index (χ0v) is 17.3. The van der Waals surface area contributed by atoms with Gasteiger partial charge in [0.25, 0.3) is 5.91 Å². The second kappa shape index (κ2) is 8.40. The first kappa shape index (κ1) is 19.7. The van der Waals surface area contributed by atoms with Gasteiger partial charge in [-0.15, -0.1) is 0 Å². The van der Waals surface area contributed by atoms with Crippen LogP contribution in [0.25, 0.3) is 0 Å². The number of hydrogen-bond acceptors (Lipinski definition) is 2. The Morgan fingerprint density at radius 3 is 2.34 bits per heavy atom. The molecule has 1 amide bonds. The van der Waals surface area contributed by atoms with Crippen molar-refractivity contribution in [1.29, 1.82) is 0 Å². The Labute approximate surface area is 176 Å². The highest BCUT2D eigenvalue weighted by Gasteiger charge is 2.42. The SMILES string of the molecule is Cc1ccc(C2C(c3cccc(Cl)c3)OC(Cc3ccccc3)C(=O)N2C)cc1. The predicted molar refractivity (Wildman–Crippen MR) is 116 cm³/mol. The van der Waals surface area contributed by atoms with Crippen molar-refractivity contribution in [3.63, 3.8) is 0 Å². The van der Waals surface area contributed by atoms with Gasteiger partial charge in [-0.05, 0) is 35.7 Å².